The Morgan fingerprint density at radius 3 is 2.77 bits per heavy atom. The predicted molar refractivity (Wildman–Crippen MR) is 95.9 cm³/mol. The van der Waals surface area contributed by atoms with Gasteiger partial charge >= 0.3 is 0 Å². The molecular weight excluding hydrogens is 352 g/mol. The molecule has 1 aromatic heterocycles. The van der Waals surface area contributed by atoms with Crippen LogP contribution in [0.15, 0.2) is 24.3 Å². The van der Waals surface area contributed by atoms with Gasteiger partial charge in [0, 0.05) is 19.6 Å². The third kappa shape index (κ3) is 3.22. The summed E-state index contributed by atoms with van der Waals surface area (Å²) in [6.07, 6.45) is 0.238. The van der Waals surface area contributed by atoms with Gasteiger partial charge in [-0.3, -0.25) is 9.59 Å². The van der Waals surface area contributed by atoms with Gasteiger partial charge in [-0.15, -0.1) is 5.10 Å². The Morgan fingerprint density at radius 2 is 2.00 bits per heavy atom. The summed E-state index contributed by atoms with van der Waals surface area (Å²) in [7, 11) is 0. The molecule has 0 radical (unpaired) electrons. The van der Waals surface area contributed by atoms with Gasteiger partial charge in [0.05, 0.1) is 18.8 Å². The van der Waals surface area contributed by atoms with Crippen molar-refractivity contribution < 1.29 is 14.3 Å². The van der Waals surface area contributed by atoms with Crippen LogP contribution in [0.4, 0.5) is 0 Å². The Balaban J connectivity index is 1.44. The number of carbonyl (C=O) groups is 2. The lowest BCUT2D eigenvalue weighted by molar-refractivity contribution is -0.149. The van der Waals surface area contributed by atoms with E-state index < -0.39 is 6.10 Å². The number of nitrogens with zero attached hydrogens (tertiary/aromatic N) is 4. The van der Waals surface area contributed by atoms with E-state index in [4.69, 9.17) is 4.74 Å². The molecule has 0 unspecified atom stereocenters. The highest BCUT2D eigenvalue weighted by Crippen LogP contribution is 2.21. The summed E-state index contributed by atoms with van der Waals surface area (Å²) in [6.45, 7) is 4.15. The minimum atomic E-state index is -0.612. The maximum Gasteiger partial charge on any atom is 0.267 e. The quantitative estimate of drug-likeness (QED) is 0.794. The van der Waals surface area contributed by atoms with E-state index in [1.54, 1.807) is 11.8 Å². The van der Waals surface area contributed by atoms with Crippen LogP contribution in [0.2, 0.25) is 0 Å². The number of fused-ring (bicyclic) bond motifs is 1. The molecule has 4 rings (SSSR count). The second-order valence-electron chi connectivity index (χ2n) is 6.58. The molecular formula is C18H20N4O3S. The first-order valence-electron chi connectivity index (χ1n) is 8.69. The number of carbonyl (C=O) groups excluding carboxylic acids is 2. The van der Waals surface area contributed by atoms with E-state index in [1.165, 1.54) is 11.1 Å². The van der Waals surface area contributed by atoms with E-state index in [9.17, 15) is 9.59 Å². The standard InChI is InChI=1S/C18H20N4O3S/c1-12-16(26-20-19-12)18(24)22-8-9-25-15(11-22)17(23)21-7-6-13-4-2-3-5-14(13)10-21/h2-5,15H,6-11H2,1H3/t15-/m0/s1. The van der Waals surface area contributed by atoms with Gasteiger partial charge in [0.1, 0.15) is 4.88 Å². The zero-order valence-corrected chi connectivity index (χ0v) is 15.4. The van der Waals surface area contributed by atoms with Crippen molar-refractivity contribution in [2.45, 2.75) is 26.0 Å². The zero-order valence-electron chi connectivity index (χ0n) is 14.6. The number of aryl methyl sites for hydroxylation is 1. The van der Waals surface area contributed by atoms with Gasteiger partial charge < -0.3 is 14.5 Å². The summed E-state index contributed by atoms with van der Waals surface area (Å²) in [5.74, 6) is -0.168. The van der Waals surface area contributed by atoms with Crippen molar-refractivity contribution in [2.24, 2.45) is 0 Å². The number of aromatic nitrogens is 2. The molecule has 26 heavy (non-hydrogen) atoms. The molecule has 136 valence electrons. The van der Waals surface area contributed by atoms with Crippen molar-refractivity contribution in [3.05, 3.63) is 46.0 Å². The third-order valence-corrected chi connectivity index (χ3v) is 5.73. The van der Waals surface area contributed by atoms with Crippen molar-refractivity contribution in [2.75, 3.05) is 26.2 Å². The molecule has 0 bridgehead atoms. The van der Waals surface area contributed by atoms with Crippen LogP contribution in [-0.2, 0) is 22.5 Å². The Morgan fingerprint density at radius 1 is 1.19 bits per heavy atom. The first-order valence-corrected chi connectivity index (χ1v) is 9.46. The molecule has 8 heteroatoms. The molecule has 0 N–H and O–H groups in total. The maximum absolute atomic E-state index is 12.9. The molecule has 0 spiro atoms. The second kappa shape index (κ2) is 7.13. The predicted octanol–water partition coefficient (Wildman–Crippen LogP) is 1.27. The normalized spacial score (nSPS) is 20.0. The molecule has 2 aromatic rings. The summed E-state index contributed by atoms with van der Waals surface area (Å²) >= 11 is 1.09. The van der Waals surface area contributed by atoms with Gasteiger partial charge in [0.2, 0.25) is 0 Å². The Kier molecular flexibility index (Phi) is 4.69. The van der Waals surface area contributed by atoms with Crippen LogP contribution in [0, 0.1) is 6.92 Å². The van der Waals surface area contributed by atoms with Crippen LogP contribution in [0.1, 0.15) is 26.5 Å². The van der Waals surface area contributed by atoms with Crippen LogP contribution < -0.4 is 0 Å². The smallest absolute Gasteiger partial charge is 0.267 e. The molecule has 2 aliphatic heterocycles. The van der Waals surface area contributed by atoms with Crippen LogP contribution >= 0.6 is 11.5 Å². The number of morpholine rings is 1. The maximum atomic E-state index is 12.9. The van der Waals surface area contributed by atoms with E-state index in [0.717, 1.165) is 18.0 Å². The van der Waals surface area contributed by atoms with E-state index in [-0.39, 0.29) is 18.4 Å². The van der Waals surface area contributed by atoms with E-state index in [0.29, 0.717) is 36.8 Å². The fourth-order valence-corrected chi connectivity index (χ4v) is 4.07. The fraction of sp³-hybridized carbons (Fsp3) is 0.444. The van der Waals surface area contributed by atoms with Crippen molar-refractivity contribution in [1.82, 2.24) is 19.4 Å². The first-order chi connectivity index (χ1) is 12.6. The van der Waals surface area contributed by atoms with Gasteiger partial charge in [0.15, 0.2) is 6.10 Å². The fourth-order valence-electron chi connectivity index (χ4n) is 3.44. The van der Waals surface area contributed by atoms with Crippen LogP contribution in [0.3, 0.4) is 0 Å². The van der Waals surface area contributed by atoms with Gasteiger partial charge in [-0.25, -0.2) is 0 Å². The van der Waals surface area contributed by atoms with Crippen molar-refractivity contribution in [3.8, 4) is 0 Å². The highest BCUT2D eigenvalue weighted by Gasteiger charge is 2.34. The van der Waals surface area contributed by atoms with Crippen LogP contribution in [0.5, 0.6) is 0 Å². The lowest BCUT2D eigenvalue weighted by Crippen LogP contribution is -2.53. The highest BCUT2D eigenvalue weighted by atomic mass is 32.1. The van der Waals surface area contributed by atoms with Gasteiger partial charge in [-0.2, -0.15) is 0 Å². The van der Waals surface area contributed by atoms with Crippen molar-refractivity contribution in [3.63, 3.8) is 0 Å². The minimum absolute atomic E-state index is 0.0452. The van der Waals surface area contributed by atoms with Crippen LogP contribution in [-0.4, -0.2) is 63.5 Å². The molecule has 0 aliphatic carbocycles. The molecule has 2 aliphatic rings. The second-order valence-corrected chi connectivity index (χ2v) is 7.33. The Bertz CT molecular complexity index is 837. The number of amides is 2. The zero-order chi connectivity index (χ0) is 18.1. The summed E-state index contributed by atoms with van der Waals surface area (Å²) in [5, 5.41) is 3.90. The monoisotopic (exact) mass is 372 g/mol. The highest BCUT2D eigenvalue weighted by molar-refractivity contribution is 7.07. The summed E-state index contributed by atoms with van der Waals surface area (Å²) in [6, 6.07) is 8.20. The first kappa shape index (κ1) is 17.1. The Hall–Kier alpha value is -2.32. The SMILES string of the molecule is Cc1nnsc1C(=O)N1CCO[C@H](C(=O)N2CCc3ccccc3C2)C1. The van der Waals surface area contributed by atoms with Crippen molar-refractivity contribution in [1.29, 1.82) is 0 Å². The lowest BCUT2D eigenvalue weighted by Gasteiger charge is -2.36. The molecule has 1 fully saturated rings. The molecule has 3 heterocycles. The minimum Gasteiger partial charge on any atom is -0.365 e. The molecule has 1 atom stereocenters. The van der Waals surface area contributed by atoms with Crippen molar-refractivity contribution >= 4 is 23.3 Å². The average Bonchev–Trinajstić information content (AvgIpc) is 3.12. The number of hydrogen-bond donors (Lipinski definition) is 0. The van der Waals surface area contributed by atoms with E-state index in [2.05, 4.69) is 21.7 Å². The number of ether oxygens (including phenoxy) is 1. The number of benzene rings is 1. The molecule has 0 saturated carbocycles. The van der Waals surface area contributed by atoms with Crippen LogP contribution in [0.25, 0.3) is 0 Å². The number of rotatable bonds is 2. The molecule has 2 amide bonds. The number of hydrogen-bond acceptors (Lipinski definition) is 6. The summed E-state index contributed by atoms with van der Waals surface area (Å²) in [5.41, 5.74) is 3.11. The summed E-state index contributed by atoms with van der Waals surface area (Å²) < 4.78 is 9.52. The van der Waals surface area contributed by atoms with Gasteiger partial charge in [-0.1, -0.05) is 28.8 Å². The lowest BCUT2D eigenvalue weighted by atomic mass is 9.99. The molecule has 1 aromatic carbocycles. The van der Waals surface area contributed by atoms with E-state index in [1.807, 2.05) is 17.0 Å². The van der Waals surface area contributed by atoms with Gasteiger partial charge in [0.25, 0.3) is 11.8 Å². The largest absolute Gasteiger partial charge is 0.365 e. The molecule has 1 saturated heterocycles. The molecule has 7 nitrogen and oxygen atoms in total. The van der Waals surface area contributed by atoms with Gasteiger partial charge in [-0.05, 0) is 36.0 Å². The Labute approximate surface area is 155 Å². The average molecular weight is 372 g/mol. The summed E-state index contributed by atoms with van der Waals surface area (Å²) in [4.78, 5) is 29.6. The van der Waals surface area contributed by atoms with E-state index >= 15 is 0 Å². The topological polar surface area (TPSA) is 75.6 Å². The third-order valence-electron chi connectivity index (χ3n) is 4.92.